The number of para-hydroxylation sites is 1. The molecule has 1 aliphatic carbocycles. The van der Waals surface area contributed by atoms with E-state index in [0.29, 0.717) is 6.42 Å². The molecular weight excluding hydrogens is 269 g/mol. The molecule has 0 spiro atoms. The predicted octanol–water partition coefficient (Wildman–Crippen LogP) is 0.859. The predicted molar refractivity (Wildman–Crippen MR) is 80.7 cm³/mol. The van der Waals surface area contributed by atoms with Crippen molar-refractivity contribution in [1.29, 1.82) is 0 Å². The van der Waals surface area contributed by atoms with Gasteiger partial charge in [-0.2, -0.15) is 0 Å². The molecule has 112 valence electrons. The summed E-state index contributed by atoms with van der Waals surface area (Å²) in [5.74, 6) is -0.524. The van der Waals surface area contributed by atoms with E-state index >= 15 is 0 Å². The molecule has 1 heterocycles. The van der Waals surface area contributed by atoms with Crippen molar-refractivity contribution >= 4 is 18.1 Å². The second-order valence-corrected chi connectivity index (χ2v) is 5.75. The van der Waals surface area contributed by atoms with Gasteiger partial charge in [-0.1, -0.05) is 18.2 Å². The van der Waals surface area contributed by atoms with Crippen molar-refractivity contribution in [2.24, 2.45) is 0 Å². The molecule has 1 aromatic heterocycles. The quantitative estimate of drug-likeness (QED) is 0.613. The van der Waals surface area contributed by atoms with Gasteiger partial charge in [-0.3, -0.25) is 0 Å². The third kappa shape index (κ3) is 3.13. The summed E-state index contributed by atoms with van der Waals surface area (Å²) in [6, 6.07) is 7.60. The molecule has 4 N–H and O–H groups in total. The van der Waals surface area contributed by atoms with E-state index in [-0.39, 0.29) is 6.04 Å². The average Bonchev–Trinajstić information content (AvgIpc) is 3.05. The fraction of sp³-hybridized carbons (Fsp3) is 0.467. The maximum Gasteiger partial charge on any atom is 0.469 e. The van der Waals surface area contributed by atoms with Crippen LogP contribution in [0.5, 0.6) is 0 Å². The first kappa shape index (κ1) is 14.6. The monoisotopic (exact) mass is 289 g/mol. The third-order valence-corrected chi connectivity index (χ3v) is 4.27. The van der Waals surface area contributed by atoms with Crippen LogP contribution in [-0.4, -0.2) is 40.4 Å². The van der Waals surface area contributed by atoms with Gasteiger partial charge in [-0.15, -0.1) is 0 Å². The maximum absolute atomic E-state index is 9.87. The van der Waals surface area contributed by atoms with Gasteiger partial charge in [0.2, 0.25) is 0 Å². The molecule has 0 aliphatic heterocycles. The van der Waals surface area contributed by atoms with Gasteiger partial charge >= 0.3 is 7.12 Å². The van der Waals surface area contributed by atoms with Crippen LogP contribution in [0, 0.1) is 0 Å². The summed E-state index contributed by atoms with van der Waals surface area (Å²) in [6.45, 7) is 0. The van der Waals surface area contributed by atoms with Crippen molar-refractivity contribution in [3.63, 3.8) is 0 Å². The Labute approximate surface area is 123 Å². The van der Waals surface area contributed by atoms with Gasteiger partial charge < -0.3 is 24.9 Å². The van der Waals surface area contributed by atoms with Crippen LogP contribution in [0.4, 0.5) is 0 Å². The molecular formula is C15H20BNO4. The first-order valence-electron chi connectivity index (χ1n) is 7.40. The Hall–Kier alpha value is -1.34. The Morgan fingerprint density at radius 3 is 2.81 bits per heavy atom. The number of benzene rings is 1. The molecule has 1 fully saturated rings. The van der Waals surface area contributed by atoms with Crippen molar-refractivity contribution in [1.82, 2.24) is 5.32 Å². The molecule has 0 radical (unpaired) electrons. The Balaban J connectivity index is 1.75. The Kier molecular flexibility index (Phi) is 4.31. The van der Waals surface area contributed by atoms with Crippen molar-refractivity contribution in [2.75, 3.05) is 0 Å². The fourth-order valence-electron chi connectivity index (χ4n) is 3.09. The fourth-order valence-corrected chi connectivity index (χ4v) is 3.09. The number of furan rings is 1. The molecule has 0 bridgehead atoms. The van der Waals surface area contributed by atoms with Crippen LogP contribution in [0.2, 0.25) is 0 Å². The minimum absolute atomic E-state index is 0.0741. The van der Waals surface area contributed by atoms with Gasteiger partial charge in [0.25, 0.3) is 0 Å². The molecule has 3 atom stereocenters. The first-order valence-corrected chi connectivity index (χ1v) is 7.40. The molecule has 0 amide bonds. The van der Waals surface area contributed by atoms with Crippen LogP contribution in [0.3, 0.4) is 0 Å². The second kappa shape index (κ2) is 6.19. The van der Waals surface area contributed by atoms with Crippen LogP contribution < -0.4 is 5.32 Å². The van der Waals surface area contributed by atoms with E-state index in [9.17, 15) is 15.2 Å². The van der Waals surface area contributed by atoms with Crippen molar-refractivity contribution in [2.45, 2.75) is 43.8 Å². The molecule has 1 aliphatic rings. The minimum Gasteiger partial charge on any atom is -0.464 e. The standard InChI is InChI=1S/C15H20BNO4/c18-13-6-3-5-12(13)17-15(16(19)20)8-10-9-21-14-7-2-1-4-11(10)14/h1-2,4,7,9,12-13,15,17-20H,3,5-6,8H2/t12-,13+,15-/m0/s1. The first-order chi connectivity index (χ1) is 10.1. The van der Waals surface area contributed by atoms with Gasteiger partial charge in [-0.05, 0) is 37.3 Å². The van der Waals surface area contributed by atoms with E-state index in [0.717, 1.165) is 35.8 Å². The third-order valence-electron chi connectivity index (χ3n) is 4.27. The SMILES string of the molecule is OB(O)[C@H](Cc1coc2ccccc12)N[C@H]1CCC[C@H]1O. The summed E-state index contributed by atoms with van der Waals surface area (Å²) in [6.07, 6.45) is 4.27. The van der Waals surface area contributed by atoms with E-state index in [4.69, 9.17) is 4.42 Å². The lowest BCUT2D eigenvalue weighted by molar-refractivity contribution is 0.145. The highest BCUT2D eigenvalue weighted by molar-refractivity contribution is 6.43. The molecule has 2 aromatic rings. The highest BCUT2D eigenvalue weighted by Crippen LogP contribution is 2.24. The Morgan fingerprint density at radius 2 is 2.10 bits per heavy atom. The van der Waals surface area contributed by atoms with Gasteiger partial charge in [-0.25, -0.2) is 0 Å². The number of nitrogens with one attached hydrogen (secondary N) is 1. The minimum atomic E-state index is -1.48. The van der Waals surface area contributed by atoms with Crippen LogP contribution >= 0.6 is 0 Å². The summed E-state index contributed by atoms with van der Waals surface area (Å²) in [4.78, 5) is 0. The summed E-state index contributed by atoms with van der Waals surface area (Å²) >= 11 is 0. The summed E-state index contributed by atoms with van der Waals surface area (Å²) in [5, 5.41) is 33.3. The zero-order chi connectivity index (χ0) is 14.8. The number of hydrogen-bond acceptors (Lipinski definition) is 5. The summed E-state index contributed by atoms with van der Waals surface area (Å²) in [7, 11) is -1.48. The van der Waals surface area contributed by atoms with Gasteiger partial charge in [0.1, 0.15) is 5.58 Å². The maximum atomic E-state index is 9.87. The molecule has 5 nitrogen and oxygen atoms in total. The number of aliphatic hydroxyl groups excluding tert-OH is 1. The van der Waals surface area contributed by atoms with E-state index < -0.39 is 19.2 Å². The number of hydrogen-bond donors (Lipinski definition) is 4. The number of fused-ring (bicyclic) bond motifs is 1. The van der Waals surface area contributed by atoms with Gasteiger partial charge in [0, 0.05) is 17.4 Å². The second-order valence-electron chi connectivity index (χ2n) is 5.75. The normalized spacial score (nSPS) is 23.6. The van der Waals surface area contributed by atoms with E-state index in [1.165, 1.54) is 0 Å². The smallest absolute Gasteiger partial charge is 0.464 e. The number of rotatable bonds is 5. The van der Waals surface area contributed by atoms with Crippen molar-refractivity contribution in [3.05, 3.63) is 36.1 Å². The lowest BCUT2D eigenvalue weighted by Gasteiger charge is -2.24. The number of aliphatic hydroxyl groups is 1. The molecule has 6 heteroatoms. The van der Waals surface area contributed by atoms with Crippen LogP contribution in [0.25, 0.3) is 11.0 Å². The van der Waals surface area contributed by atoms with E-state index in [1.54, 1.807) is 6.26 Å². The zero-order valence-electron chi connectivity index (χ0n) is 11.8. The van der Waals surface area contributed by atoms with Crippen molar-refractivity contribution in [3.8, 4) is 0 Å². The Morgan fingerprint density at radius 1 is 1.29 bits per heavy atom. The highest BCUT2D eigenvalue weighted by Gasteiger charge is 2.32. The molecule has 21 heavy (non-hydrogen) atoms. The topological polar surface area (TPSA) is 85.9 Å². The molecule has 3 rings (SSSR count). The van der Waals surface area contributed by atoms with Crippen LogP contribution in [-0.2, 0) is 6.42 Å². The lowest BCUT2D eigenvalue weighted by atomic mass is 9.75. The molecule has 1 saturated carbocycles. The van der Waals surface area contributed by atoms with E-state index in [1.807, 2.05) is 24.3 Å². The molecule has 0 saturated heterocycles. The molecule has 0 unspecified atom stereocenters. The summed E-state index contributed by atoms with van der Waals surface area (Å²) < 4.78 is 5.48. The zero-order valence-corrected chi connectivity index (χ0v) is 11.8. The van der Waals surface area contributed by atoms with Crippen LogP contribution in [0.1, 0.15) is 24.8 Å². The highest BCUT2D eigenvalue weighted by atomic mass is 16.4. The Bertz CT molecular complexity index is 600. The average molecular weight is 289 g/mol. The summed E-state index contributed by atoms with van der Waals surface area (Å²) in [5.41, 5.74) is 1.73. The molecule has 1 aromatic carbocycles. The lowest BCUT2D eigenvalue weighted by Crippen LogP contribution is -2.51. The largest absolute Gasteiger partial charge is 0.469 e. The van der Waals surface area contributed by atoms with Gasteiger partial charge in [0.15, 0.2) is 0 Å². The van der Waals surface area contributed by atoms with Crippen molar-refractivity contribution < 1.29 is 19.6 Å². The van der Waals surface area contributed by atoms with E-state index in [2.05, 4.69) is 5.32 Å². The van der Waals surface area contributed by atoms with Crippen LogP contribution in [0.15, 0.2) is 34.9 Å². The van der Waals surface area contributed by atoms with Gasteiger partial charge in [0.05, 0.1) is 12.4 Å².